The lowest BCUT2D eigenvalue weighted by atomic mass is 10.1. The van der Waals surface area contributed by atoms with Gasteiger partial charge in [-0.1, -0.05) is 6.07 Å². The molecule has 0 amide bonds. The first-order chi connectivity index (χ1) is 8.26. The number of carbonyl (C=O) groups excluding carboxylic acids is 1. The minimum absolute atomic E-state index is 0.0424. The van der Waals surface area contributed by atoms with E-state index in [0.29, 0.717) is 0 Å². The van der Waals surface area contributed by atoms with Crippen LogP contribution in [-0.2, 0) is 4.74 Å². The highest BCUT2D eigenvalue weighted by atomic mass is 16.6. The Morgan fingerprint density at radius 1 is 1.33 bits per heavy atom. The number of ether oxygens (including phenoxy) is 2. The molecule has 0 aliphatic carbocycles. The maximum Gasteiger partial charge on any atom is 0.342 e. The molecule has 0 saturated heterocycles. The largest absolute Gasteiger partial charge is 0.495 e. The van der Waals surface area contributed by atoms with Gasteiger partial charge in [-0.25, -0.2) is 9.59 Å². The van der Waals surface area contributed by atoms with E-state index in [1.165, 1.54) is 19.2 Å². The predicted molar refractivity (Wildman–Crippen MR) is 64.0 cm³/mol. The molecule has 1 radical (unpaired) electrons. The molecule has 0 atom stereocenters. The summed E-state index contributed by atoms with van der Waals surface area (Å²) < 4.78 is 10.1. The third-order valence-corrected chi connectivity index (χ3v) is 1.99. The summed E-state index contributed by atoms with van der Waals surface area (Å²) in [5.74, 6) is -1.88. The number of hydrogen-bond donors (Lipinski definition) is 1. The molecule has 0 aromatic heterocycles. The molecule has 5 heteroatoms. The lowest BCUT2D eigenvalue weighted by molar-refractivity contribution is 0.00665. The summed E-state index contributed by atoms with van der Waals surface area (Å²) in [5, 5.41) is 8.97. The van der Waals surface area contributed by atoms with Gasteiger partial charge in [0.1, 0.15) is 22.5 Å². The molecule has 97 valence electrons. The summed E-state index contributed by atoms with van der Waals surface area (Å²) in [7, 11) is 1.30. The molecule has 1 aromatic carbocycles. The van der Waals surface area contributed by atoms with Crippen molar-refractivity contribution in [3.63, 3.8) is 0 Å². The molecule has 1 N–H and O–H groups in total. The van der Waals surface area contributed by atoms with Gasteiger partial charge in [-0.2, -0.15) is 0 Å². The van der Waals surface area contributed by atoms with Crippen LogP contribution in [0.2, 0.25) is 0 Å². The highest BCUT2D eigenvalue weighted by Gasteiger charge is 2.24. The van der Waals surface area contributed by atoms with Crippen LogP contribution < -0.4 is 4.74 Å². The van der Waals surface area contributed by atoms with Gasteiger partial charge in [-0.15, -0.1) is 0 Å². The summed E-state index contributed by atoms with van der Waals surface area (Å²) in [6, 6.07) is 5.28. The summed E-state index contributed by atoms with van der Waals surface area (Å²) in [5.41, 5.74) is -0.783. The molecule has 1 aromatic rings. The summed E-state index contributed by atoms with van der Waals surface area (Å²) in [6.45, 7) is 5.18. The highest BCUT2D eigenvalue weighted by Crippen LogP contribution is 2.25. The molecule has 0 heterocycles. The van der Waals surface area contributed by atoms with Crippen molar-refractivity contribution in [1.82, 2.24) is 0 Å². The SMILES string of the molecule is COc1c(C(=O)O)[c]ccc1C(=O)OC(C)(C)C. The van der Waals surface area contributed by atoms with Crippen LogP contribution in [0.5, 0.6) is 5.75 Å². The highest BCUT2D eigenvalue weighted by molar-refractivity contribution is 5.99. The second-order valence-electron chi connectivity index (χ2n) is 4.61. The van der Waals surface area contributed by atoms with Gasteiger partial charge >= 0.3 is 11.9 Å². The standard InChI is InChI=1S/C13H15O5/c1-13(2,3)18-12(16)9-7-5-6-8(11(14)15)10(9)17-4/h5,7H,1-4H3,(H,14,15). The van der Waals surface area contributed by atoms with E-state index in [2.05, 4.69) is 6.07 Å². The first-order valence-electron chi connectivity index (χ1n) is 5.31. The van der Waals surface area contributed by atoms with Crippen LogP contribution in [0.3, 0.4) is 0 Å². The Labute approximate surface area is 105 Å². The van der Waals surface area contributed by atoms with Crippen molar-refractivity contribution < 1.29 is 24.2 Å². The first-order valence-corrected chi connectivity index (χ1v) is 5.31. The Morgan fingerprint density at radius 2 is 1.94 bits per heavy atom. The minimum atomic E-state index is -1.21. The van der Waals surface area contributed by atoms with Crippen molar-refractivity contribution >= 4 is 11.9 Å². The molecule has 0 aliphatic rings. The Bertz CT molecular complexity index is 471. The van der Waals surface area contributed by atoms with Crippen LogP contribution in [0.1, 0.15) is 41.5 Å². The number of esters is 1. The van der Waals surface area contributed by atoms with Gasteiger partial charge in [-0.05, 0) is 26.8 Å². The second-order valence-corrected chi connectivity index (χ2v) is 4.61. The zero-order valence-electron chi connectivity index (χ0n) is 10.7. The normalized spacial score (nSPS) is 10.9. The summed E-state index contributed by atoms with van der Waals surface area (Å²) in [4.78, 5) is 22.9. The number of aromatic carboxylic acids is 1. The van der Waals surface area contributed by atoms with E-state index in [1.54, 1.807) is 20.8 Å². The van der Waals surface area contributed by atoms with Crippen LogP contribution in [0, 0.1) is 6.07 Å². The molecular weight excluding hydrogens is 236 g/mol. The second kappa shape index (κ2) is 5.08. The Morgan fingerprint density at radius 3 is 2.39 bits per heavy atom. The molecule has 1 rings (SSSR count). The van der Waals surface area contributed by atoms with Gasteiger partial charge < -0.3 is 14.6 Å². The summed E-state index contributed by atoms with van der Waals surface area (Å²) >= 11 is 0. The molecule has 0 spiro atoms. The van der Waals surface area contributed by atoms with E-state index in [-0.39, 0.29) is 16.9 Å². The fourth-order valence-electron chi connectivity index (χ4n) is 1.35. The van der Waals surface area contributed by atoms with Gasteiger partial charge in [0.25, 0.3) is 0 Å². The molecule has 0 aliphatic heterocycles. The molecule has 18 heavy (non-hydrogen) atoms. The van der Waals surface area contributed by atoms with Crippen molar-refractivity contribution in [2.24, 2.45) is 0 Å². The minimum Gasteiger partial charge on any atom is -0.495 e. The quantitative estimate of drug-likeness (QED) is 0.833. The average molecular weight is 251 g/mol. The van der Waals surface area contributed by atoms with E-state index >= 15 is 0 Å². The van der Waals surface area contributed by atoms with Gasteiger partial charge in [0, 0.05) is 6.07 Å². The number of methoxy groups -OCH3 is 1. The van der Waals surface area contributed by atoms with E-state index in [1.807, 2.05) is 0 Å². The Hall–Kier alpha value is -2.04. The zero-order valence-corrected chi connectivity index (χ0v) is 10.7. The van der Waals surface area contributed by atoms with Gasteiger partial charge in [0.15, 0.2) is 0 Å². The fourth-order valence-corrected chi connectivity index (χ4v) is 1.35. The number of benzene rings is 1. The van der Waals surface area contributed by atoms with Crippen LogP contribution in [0.15, 0.2) is 12.1 Å². The Kier molecular flexibility index (Phi) is 3.96. The summed E-state index contributed by atoms with van der Waals surface area (Å²) in [6.07, 6.45) is 0. The van der Waals surface area contributed by atoms with Gasteiger partial charge in [0.05, 0.1) is 7.11 Å². The first kappa shape index (κ1) is 14.0. The number of carbonyl (C=O) groups is 2. The van der Waals surface area contributed by atoms with Crippen LogP contribution >= 0.6 is 0 Å². The van der Waals surface area contributed by atoms with Crippen molar-refractivity contribution in [1.29, 1.82) is 0 Å². The van der Waals surface area contributed by atoms with Gasteiger partial charge in [-0.3, -0.25) is 0 Å². The number of carboxylic acids is 1. The zero-order chi connectivity index (χ0) is 13.9. The average Bonchev–Trinajstić information content (AvgIpc) is 2.25. The van der Waals surface area contributed by atoms with Crippen LogP contribution in [-0.4, -0.2) is 29.8 Å². The van der Waals surface area contributed by atoms with Crippen molar-refractivity contribution in [3.05, 3.63) is 29.3 Å². The number of hydrogen-bond acceptors (Lipinski definition) is 4. The molecule has 0 fully saturated rings. The number of carboxylic acid groups (broad SMARTS) is 1. The fraction of sp³-hybridized carbons (Fsp3) is 0.385. The van der Waals surface area contributed by atoms with E-state index in [4.69, 9.17) is 14.6 Å². The molecule has 0 bridgehead atoms. The van der Waals surface area contributed by atoms with Gasteiger partial charge in [0.2, 0.25) is 0 Å². The van der Waals surface area contributed by atoms with Crippen molar-refractivity contribution in [2.75, 3.05) is 7.11 Å². The lowest BCUT2D eigenvalue weighted by Gasteiger charge is -2.20. The third-order valence-electron chi connectivity index (χ3n) is 1.99. The maximum atomic E-state index is 11.9. The number of rotatable bonds is 3. The Balaban J connectivity index is 3.21. The molecular formula is C13H15O5. The van der Waals surface area contributed by atoms with Crippen LogP contribution in [0.25, 0.3) is 0 Å². The topological polar surface area (TPSA) is 72.8 Å². The van der Waals surface area contributed by atoms with E-state index in [9.17, 15) is 9.59 Å². The smallest absolute Gasteiger partial charge is 0.342 e. The maximum absolute atomic E-state index is 11.9. The molecule has 0 saturated carbocycles. The lowest BCUT2D eigenvalue weighted by Crippen LogP contribution is -2.24. The van der Waals surface area contributed by atoms with Crippen LogP contribution in [0.4, 0.5) is 0 Å². The monoisotopic (exact) mass is 251 g/mol. The van der Waals surface area contributed by atoms with E-state index in [0.717, 1.165) is 0 Å². The van der Waals surface area contributed by atoms with E-state index < -0.39 is 17.5 Å². The van der Waals surface area contributed by atoms with Crippen molar-refractivity contribution in [3.8, 4) is 5.75 Å². The molecule has 5 nitrogen and oxygen atoms in total. The van der Waals surface area contributed by atoms with Crippen molar-refractivity contribution in [2.45, 2.75) is 26.4 Å². The predicted octanol–water partition coefficient (Wildman–Crippen LogP) is 2.15. The third kappa shape index (κ3) is 3.23. The molecule has 0 unspecified atom stereocenters.